The van der Waals surface area contributed by atoms with Crippen LogP contribution in [0.5, 0.6) is 5.75 Å². The third-order valence-corrected chi connectivity index (χ3v) is 6.18. The van der Waals surface area contributed by atoms with E-state index in [1.54, 1.807) is 0 Å². The molecule has 2 N–H and O–H groups in total. The second kappa shape index (κ2) is 9.98. The number of alkyl halides is 2. The molecule has 1 saturated carbocycles. The van der Waals surface area contributed by atoms with Crippen LogP contribution >= 0.6 is 11.6 Å². The number of aromatic nitrogens is 2. The summed E-state index contributed by atoms with van der Waals surface area (Å²) in [6, 6.07) is 1.68. The third-order valence-electron chi connectivity index (χ3n) is 5.81. The molecule has 178 valence electrons. The van der Waals surface area contributed by atoms with E-state index >= 15 is 0 Å². The molecule has 2 aliphatic rings. The normalized spacial score (nSPS) is 16.7. The number of piperidine rings is 1. The van der Waals surface area contributed by atoms with Crippen molar-refractivity contribution in [1.29, 1.82) is 0 Å². The number of carbonyl (C=O) groups is 1. The van der Waals surface area contributed by atoms with E-state index in [0.717, 1.165) is 25.0 Å². The SMILES string of the molecule is O=C(CC1CC1)NNc1nncc(N2CCC(c3c(F)ccc(F)c3OC(F)F)CC2)c1Cl. The Morgan fingerprint density at radius 2 is 1.88 bits per heavy atom. The second-order valence-corrected chi connectivity index (χ2v) is 8.50. The first kappa shape index (κ1) is 23.3. The zero-order valence-corrected chi connectivity index (χ0v) is 18.2. The molecule has 2 fully saturated rings. The number of nitrogens with zero attached hydrogens (tertiary/aromatic N) is 3. The summed E-state index contributed by atoms with van der Waals surface area (Å²) >= 11 is 6.45. The topological polar surface area (TPSA) is 79.4 Å². The Bertz CT molecular complexity index is 1020. The Labute approximate surface area is 192 Å². The van der Waals surface area contributed by atoms with Gasteiger partial charge in [0.25, 0.3) is 0 Å². The van der Waals surface area contributed by atoms with Gasteiger partial charge in [0, 0.05) is 25.1 Å². The first-order valence-corrected chi connectivity index (χ1v) is 10.9. The number of halogens is 5. The summed E-state index contributed by atoms with van der Waals surface area (Å²) in [6.07, 6.45) is 4.69. The number of carbonyl (C=O) groups excluding carboxylic acids is 1. The number of hydrogen-bond donors (Lipinski definition) is 2. The van der Waals surface area contributed by atoms with E-state index in [0.29, 0.717) is 44.0 Å². The maximum atomic E-state index is 14.4. The molecule has 33 heavy (non-hydrogen) atoms. The summed E-state index contributed by atoms with van der Waals surface area (Å²) in [4.78, 5) is 13.8. The lowest BCUT2D eigenvalue weighted by atomic mass is 9.88. The first-order valence-electron chi connectivity index (χ1n) is 10.6. The third kappa shape index (κ3) is 5.58. The highest BCUT2D eigenvalue weighted by molar-refractivity contribution is 6.35. The van der Waals surface area contributed by atoms with Crippen molar-refractivity contribution in [3.05, 3.63) is 40.6 Å². The van der Waals surface area contributed by atoms with Gasteiger partial charge in [0.15, 0.2) is 17.4 Å². The molecule has 1 saturated heterocycles. The minimum absolute atomic E-state index is 0.166. The van der Waals surface area contributed by atoms with Crippen molar-refractivity contribution in [2.24, 2.45) is 5.92 Å². The monoisotopic (exact) mass is 487 g/mol. The smallest absolute Gasteiger partial charge is 0.387 e. The van der Waals surface area contributed by atoms with E-state index in [4.69, 9.17) is 11.6 Å². The summed E-state index contributed by atoms with van der Waals surface area (Å²) in [6.45, 7) is -2.50. The number of nitrogens with one attached hydrogen (secondary N) is 2. The summed E-state index contributed by atoms with van der Waals surface area (Å²) in [5.74, 6) is -2.64. The molecule has 1 aliphatic carbocycles. The molecule has 0 bridgehead atoms. The number of ether oxygens (including phenoxy) is 1. The van der Waals surface area contributed by atoms with Gasteiger partial charge in [0.05, 0.1) is 11.9 Å². The maximum absolute atomic E-state index is 14.4. The predicted molar refractivity (Wildman–Crippen MR) is 113 cm³/mol. The summed E-state index contributed by atoms with van der Waals surface area (Å²) in [5.41, 5.74) is 5.61. The minimum atomic E-state index is -3.27. The van der Waals surface area contributed by atoms with E-state index in [9.17, 15) is 22.4 Å². The van der Waals surface area contributed by atoms with Crippen LogP contribution in [0.1, 0.15) is 43.6 Å². The van der Waals surface area contributed by atoms with Crippen molar-refractivity contribution in [3.8, 4) is 5.75 Å². The van der Waals surface area contributed by atoms with Gasteiger partial charge in [-0.1, -0.05) is 11.6 Å². The van der Waals surface area contributed by atoms with Crippen LogP contribution in [0.25, 0.3) is 0 Å². The van der Waals surface area contributed by atoms with Crippen LogP contribution in [0.3, 0.4) is 0 Å². The van der Waals surface area contributed by atoms with Gasteiger partial charge in [-0.3, -0.25) is 15.6 Å². The lowest BCUT2D eigenvalue weighted by molar-refractivity contribution is -0.120. The molecule has 1 amide bonds. The van der Waals surface area contributed by atoms with Crippen molar-refractivity contribution in [2.75, 3.05) is 23.4 Å². The molecule has 0 spiro atoms. The van der Waals surface area contributed by atoms with Crippen LogP contribution in [0.4, 0.5) is 29.1 Å². The summed E-state index contributed by atoms with van der Waals surface area (Å²) in [7, 11) is 0. The van der Waals surface area contributed by atoms with Gasteiger partial charge < -0.3 is 9.64 Å². The Morgan fingerprint density at radius 3 is 2.55 bits per heavy atom. The maximum Gasteiger partial charge on any atom is 0.387 e. The standard InChI is InChI=1S/C21H22ClF4N5O2/c22-18-15(10-27-29-20(18)30-28-16(32)9-11-1-2-11)31-7-5-12(6-8-31)17-13(23)3-4-14(24)19(17)33-21(25)26/h3-4,10-12,21H,1-2,5-9H2,(H,28,32)(H,29,30). The average molecular weight is 488 g/mol. The van der Waals surface area contributed by atoms with Gasteiger partial charge in [0.1, 0.15) is 10.8 Å². The van der Waals surface area contributed by atoms with Crippen LogP contribution in [-0.4, -0.2) is 35.8 Å². The second-order valence-electron chi connectivity index (χ2n) is 8.12. The molecule has 4 rings (SSSR count). The summed E-state index contributed by atoms with van der Waals surface area (Å²) < 4.78 is 58.3. The highest BCUT2D eigenvalue weighted by atomic mass is 35.5. The molecule has 2 heterocycles. The Kier molecular flexibility index (Phi) is 7.06. The van der Waals surface area contributed by atoms with E-state index < -0.39 is 29.9 Å². The van der Waals surface area contributed by atoms with Crippen molar-refractivity contribution >= 4 is 29.0 Å². The van der Waals surface area contributed by atoms with Gasteiger partial charge in [-0.2, -0.15) is 13.9 Å². The molecular weight excluding hydrogens is 466 g/mol. The van der Waals surface area contributed by atoms with Crippen LogP contribution in [0.2, 0.25) is 5.02 Å². The first-order chi connectivity index (χ1) is 15.8. The highest BCUT2D eigenvalue weighted by Gasteiger charge is 2.30. The Hall–Kier alpha value is -2.82. The van der Waals surface area contributed by atoms with E-state index in [1.807, 2.05) is 4.90 Å². The van der Waals surface area contributed by atoms with E-state index in [1.165, 1.54) is 6.20 Å². The van der Waals surface area contributed by atoms with Crippen molar-refractivity contribution < 1.29 is 27.1 Å². The van der Waals surface area contributed by atoms with Crippen LogP contribution in [-0.2, 0) is 4.79 Å². The van der Waals surface area contributed by atoms with Gasteiger partial charge in [-0.25, -0.2) is 8.78 Å². The van der Waals surface area contributed by atoms with Crippen molar-refractivity contribution in [2.45, 2.75) is 44.6 Å². The van der Waals surface area contributed by atoms with Gasteiger partial charge in [0.2, 0.25) is 5.91 Å². The molecule has 1 aliphatic heterocycles. The molecule has 7 nitrogen and oxygen atoms in total. The zero-order chi connectivity index (χ0) is 23.5. The Morgan fingerprint density at radius 1 is 1.18 bits per heavy atom. The largest absolute Gasteiger partial charge is 0.431 e. The fourth-order valence-electron chi connectivity index (χ4n) is 3.97. The number of benzene rings is 1. The van der Waals surface area contributed by atoms with Crippen LogP contribution < -0.4 is 20.5 Å². The molecular formula is C21H22ClF4N5O2. The molecule has 12 heteroatoms. The molecule has 0 radical (unpaired) electrons. The lowest BCUT2D eigenvalue weighted by Gasteiger charge is -2.34. The van der Waals surface area contributed by atoms with Gasteiger partial charge in [-0.05, 0) is 49.7 Å². The average Bonchev–Trinajstić information content (AvgIpc) is 3.60. The molecule has 0 unspecified atom stereocenters. The number of rotatable bonds is 8. The quantitative estimate of drug-likeness (QED) is 0.417. The fraction of sp³-hybridized carbons (Fsp3) is 0.476. The Balaban J connectivity index is 1.43. The van der Waals surface area contributed by atoms with E-state index in [2.05, 4.69) is 25.8 Å². The van der Waals surface area contributed by atoms with E-state index in [-0.39, 0.29) is 22.3 Å². The number of hydrazine groups is 1. The molecule has 1 aromatic carbocycles. The zero-order valence-electron chi connectivity index (χ0n) is 17.5. The molecule has 0 atom stereocenters. The number of amides is 1. The minimum Gasteiger partial charge on any atom is -0.431 e. The lowest BCUT2D eigenvalue weighted by Crippen LogP contribution is -2.34. The van der Waals surface area contributed by atoms with Crippen molar-refractivity contribution in [1.82, 2.24) is 15.6 Å². The van der Waals surface area contributed by atoms with Crippen molar-refractivity contribution in [3.63, 3.8) is 0 Å². The highest BCUT2D eigenvalue weighted by Crippen LogP contribution is 2.40. The number of anilines is 2. The van der Waals surface area contributed by atoms with Crippen LogP contribution in [0, 0.1) is 17.6 Å². The summed E-state index contributed by atoms with van der Waals surface area (Å²) in [5, 5.41) is 8.07. The predicted octanol–water partition coefficient (Wildman–Crippen LogP) is 4.64. The van der Waals surface area contributed by atoms with Crippen LogP contribution in [0.15, 0.2) is 18.3 Å². The molecule has 2 aromatic rings. The fourth-order valence-corrected chi connectivity index (χ4v) is 4.23. The van der Waals surface area contributed by atoms with Gasteiger partial charge in [-0.15, -0.1) is 5.10 Å². The van der Waals surface area contributed by atoms with Gasteiger partial charge >= 0.3 is 6.61 Å². The number of hydrogen-bond acceptors (Lipinski definition) is 6. The molecule has 1 aromatic heterocycles.